The highest BCUT2D eigenvalue weighted by atomic mass is 16.7. The Bertz CT molecular complexity index is 364. The second-order valence-corrected chi connectivity index (χ2v) is 6.49. The fraction of sp³-hybridized carbons (Fsp3) is 0.875. The number of carbonyl (C=O) groups excluding carboxylic acids is 2. The molecule has 0 unspecified atom stereocenters. The predicted octanol–water partition coefficient (Wildman–Crippen LogP) is 1.93. The van der Waals surface area contributed by atoms with Crippen LogP contribution in [-0.4, -0.2) is 58.4 Å². The van der Waals surface area contributed by atoms with Gasteiger partial charge < -0.3 is 23.7 Å². The Kier molecular flexibility index (Phi) is 6.24. The molecule has 7 heteroatoms. The topological polar surface area (TPSA) is 80.3 Å². The average Bonchev–Trinajstić information content (AvgIpc) is 2.46. The van der Waals surface area contributed by atoms with Crippen molar-refractivity contribution in [3.05, 3.63) is 0 Å². The maximum Gasteiger partial charge on any atom is 0.508 e. The highest BCUT2D eigenvalue weighted by molar-refractivity contribution is 5.70. The summed E-state index contributed by atoms with van der Waals surface area (Å²) in [5.41, 5.74) is -0.105. The van der Waals surface area contributed by atoms with Gasteiger partial charge in [-0.2, -0.15) is 0 Å². The zero-order chi connectivity index (χ0) is 16.8. The Labute approximate surface area is 136 Å². The molecule has 132 valence electrons. The lowest BCUT2D eigenvalue weighted by Gasteiger charge is -2.39. The SMILES string of the molecule is CCC1(COC(=O)CCOC(=O)OCC2(CC)COC2)COC1. The van der Waals surface area contributed by atoms with Crippen LogP contribution in [0.25, 0.3) is 0 Å². The van der Waals surface area contributed by atoms with Gasteiger partial charge in [0.2, 0.25) is 0 Å². The third kappa shape index (κ3) is 4.81. The number of carbonyl (C=O) groups is 2. The van der Waals surface area contributed by atoms with Gasteiger partial charge in [-0.3, -0.25) is 4.79 Å². The van der Waals surface area contributed by atoms with Gasteiger partial charge in [-0.1, -0.05) is 13.8 Å². The zero-order valence-electron chi connectivity index (χ0n) is 13.9. The molecule has 0 atom stereocenters. The van der Waals surface area contributed by atoms with Crippen LogP contribution in [0.2, 0.25) is 0 Å². The van der Waals surface area contributed by atoms with Gasteiger partial charge in [-0.25, -0.2) is 4.79 Å². The molecule has 2 aliphatic heterocycles. The Balaban J connectivity index is 1.53. The van der Waals surface area contributed by atoms with Crippen LogP contribution < -0.4 is 0 Å². The van der Waals surface area contributed by atoms with Gasteiger partial charge in [-0.05, 0) is 12.8 Å². The second kappa shape index (κ2) is 7.97. The summed E-state index contributed by atoms with van der Waals surface area (Å²) in [6.07, 6.45) is 1.06. The summed E-state index contributed by atoms with van der Waals surface area (Å²) in [6.45, 7) is 7.14. The summed E-state index contributed by atoms with van der Waals surface area (Å²) in [6, 6.07) is 0. The lowest BCUT2D eigenvalue weighted by atomic mass is 9.84. The van der Waals surface area contributed by atoms with Gasteiger partial charge in [0.1, 0.15) is 19.8 Å². The molecule has 2 fully saturated rings. The van der Waals surface area contributed by atoms with Gasteiger partial charge in [0.15, 0.2) is 0 Å². The molecule has 0 bridgehead atoms. The van der Waals surface area contributed by atoms with E-state index in [0.29, 0.717) is 33.0 Å². The van der Waals surface area contributed by atoms with Crippen LogP contribution in [0, 0.1) is 10.8 Å². The molecule has 0 spiro atoms. The lowest BCUT2D eigenvalue weighted by molar-refractivity contribution is -0.171. The summed E-state index contributed by atoms with van der Waals surface area (Å²) < 4.78 is 25.5. The first kappa shape index (κ1) is 18.0. The molecule has 2 aliphatic rings. The maximum absolute atomic E-state index is 11.6. The van der Waals surface area contributed by atoms with Crippen molar-refractivity contribution in [2.24, 2.45) is 10.8 Å². The van der Waals surface area contributed by atoms with Crippen LogP contribution in [0.4, 0.5) is 4.79 Å². The molecule has 23 heavy (non-hydrogen) atoms. The van der Waals surface area contributed by atoms with Crippen molar-refractivity contribution in [3.8, 4) is 0 Å². The number of esters is 1. The van der Waals surface area contributed by atoms with E-state index in [0.717, 1.165) is 12.8 Å². The molecule has 0 aromatic rings. The molecule has 2 saturated heterocycles. The minimum absolute atomic E-state index is 0.0256. The van der Waals surface area contributed by atoms with Crippen LogP contribution in [0.15, 0.2) is 0 Å². The van der Waals surface area contributed by atoms with Crippen LogP contribution in [-0.2, 0) is 28.5 Å². The van der Waals surface area contributed by atoms with Crippen LogP contribution >= 0.6 is 0 Å². The van der Waals surface area contributed by atoms with E-state index in [9.17, 15) is 9.59 Å². The van der Waals surface area contributed by atoms with E-state index >= 15 is 0 Å². The van der Waals surface area contributed by atoms with E-state index in [1.807, 2.05) is 13.8 Å². The summed E-state index contributed by atoms with van der Waals surface area (Å²) in [5.74, 6) is -0.380. The summed E-state index contributed by atoms with van der Waals surface area (Å²) in [7, 11) is 0. The third-order valence-corrected chi connectivity index (χ3v) is 4.69. The monoisotopic (exact) mass is 330 g/mol. The highest BCUT2D eigenvalue weighted by Crippen LogP contribution is 2.32. The molecule has 0 aliphatic carbocycles. The fourth-order valence-electron chi connectivity index (χ4n) is 2.34. The van der Waals surface area contributed by atoms with Gasteiger partial charge in [0.25, 0.3) is 0 Å². The molecule has 2 rings (SSSR count). The molecular weight excluding hydrogens is 304 g/mol. The van der Waals surface area contributed by atoms with Crippen molar-refractivity contribution in [2.45, 2.75) is 33.1 Å². The zero-order valence-corrected chi connectivity index (χ0v) is 13.9. The molecule has 0 amide bonds. The summed E-state index contributed by atoms with van der Waals surface area (Å²) >= 11 is 0. The van der Waals surface area contributed by atoms with E-state index < -0.39 is 6.16 Å². The molecular formula is C16H26O7. The van der Waals surface area contributed by atoms with E-state index in [4.69, 9.17) is 23.7 Å². The molecule has 2 heterocycles. The smallest absolute Gasteiger partial charge is 0.465 e. The largest absolute Gasteiger partial charge is 0.508 e. The molecule has 0 N–H and O–H groups in total. The van der Waals surface area contributed by atoms with Crippen molar-refractivity contribution < 1.29 is 33.3 Å². The first-order valence-corrected chi connectivity index (χ1v) is 8.14. The summed E-state index contributed by atoms with van der Waals surface area (Å²) in [4.78, 5) is 23.1. The van der Waals surface area contributed by atoms with Crippen molar-refractivity contribution in [1.82, 2.24) is 0 Å². The van der Waals surface area contributed by atoms with Gasteiger partial charge >= 0.3 is 12.1 Å². The average molecular weight is 330 g/mol. The van der Waals surface area contributed by atoms with Crippen molar-refractivity contribution in [2.75, 3.05) is 46.2 Å². The first-order valence-electron chi connectivity index (χ1n) is 8.14. The van der Waals surface area contributed by atoms with E-state index in [1.165, 1.54) is 0 Å². The molecule has 0 aromatic carbocycles. The van der Waals surface area contributed by atoms with Crippen molar-refractivity contribution in [1.29, 1.82) is 0 Å². The first-order chi connectivity index (χ1) is 11.0. The Morgan fingerprint density at radius 2 is 1.39 bits per heavy atom. The number of hydrogen-bond acceptors (Lipinski definition) is 7. The fourth-order valence-corrected chi connectivity index (χ4v) is 2.34. The predicted molar refractivity (Wildman–Crippen MR) is 80.0 cm³/mol. The second-order valence-electron chi connectivity index (χ2n) is 6.49. The number of rotatable bonds is 9. The standard InChI is InChI=1S/C16H26O7/c1-3-15(7-19-8-15)11-22-13(17)5-6-21-14(18)23-12-16(4-2)9-20-10-16/h3-12H2,1-2H3. The van der Waals surface area contributed by atoms with Crippen molar-refractivity contribution in [3.63, 3.8) is 0 Å². The molecule has 0 saturated carbocycles. The summed E-state index contributed by atoms with van der Waals surface area (Å²) in [5, 5.41) is 0. The molecule has 7 nitrogen and oxygen atoms in total. The van der Waals surface area contributed by atoms with Crippen LogP contribution in [0.5, 0.6) is 0 Å². The van der Waals surface area contributed by atoms with E-state index in [-0.39, 0.29) is 36.4 Å². The Morgan fingerprint density at radius 1 is 0.870 bits per heavy atom. The van der Waals surface area contributed by atoms with Crippen LogP contribution in [0.1, 0.15) is 33.1 Å². The van der Waals surface area contributed by atoms with Gasteiger partial charge in [0, 0.05) is 0 Å². The third-order valence-electron chi connectivity index (χ3n) is 4.69. The van der Waals surface area contributed by atoms with Gasteiger partial charge in [0.05, 0.1) is 43.7 Å². The quantitative estimate of drug-likeness (QED) is 0.597. The number of ether oxygens (including phenoxy) is 5. The Hall–Kier alpha value is -1.34. The van der Waals surface area contributed by atoms with Gasteiger partial charge in [-0.15, -0.1) is 0 Å². The molecule has 0 radical (unpaired) electrons. The maximum atomic E-state index is 11.6. The van der Waals surface area contributed by atoms with E-state index in [1.54, 1.807) is 0 Å². The lowest BCUT2D eigenvalue weighted by Crippen LogP contribution is -2.46. The minimum Gasteiger partial charge on any atom is -0.465 e. The minimum atomic E-state index is -0.755. The normalized spacial score (nSPS) is 20.8. The van der Waals surface area contributed by atoms with E-state index in [2.05, 4.69) is 0 Å². The Morgan fingerprint density at radius 3 is 1.83 bits per heavy atom. The highest BCUT2D eigenvalue weighted by Gasteiger charge is 2.39. The van der Waals surface area contributed by atoms with Crippen molar-refractivity contribution >= 4 is 12.1 Å². The number of hydrogen-bond donors (Lipinski definition) is 0. The molecule has 0 aromatic heterocycles. The van der Waals surface area contributed by atoms with Crippen LogP contribution in [0.3, 0.4) is 0 Å².